The molecule has 5 nitrogen and oxygen atoms in total. The SMILES string of the molecule is CC1(C)CC1(CO)c1cnc2n[nH]nc2c1. The van der Waals surface area contributed by atoms with E-state index in [1.54, 1.807) is 6.20 Å². The van der Waals surface area contributed by atoms with E-state index in [1.807, 2.05) is 6.07 Å². The highest BCUT2D eigenvalue weighted by atomic mass is 16.3. The zero-order valence-corrected chi connectivity index (χ0v) is 9.36. The van der Waals surface area contributed by atoms with Crippen LogP contribution in [0, 0.1) is 5.41 Å². The minimum Gasteiger partial charge on any atom is -0.395 e. The van der Waals surface area contributed by atoms with Crippen molar-refractivity contribution in [3.63, 3.8) is 0 Å². The van der Waals surface area contributed by atoms with Gasteiger partial charge in [-0.25, -0.2) is 4.98 Å². The van der Waals surface area contributed by atoms with Gasteiger partial charge in [-0.05, 0) is 23.5 Å². The molecule has 0 aromatic carbocycles. The van der Waals surface area contributed by atoms with Crippen LogP contribution in [0.4, 0.5) is 0 Å². The van der Waals surface area contributed by atoms with Gasteiger partial charge in [0.05, 0.1) is 6.61 Å². The van der Waals surface area contributed by atoms with Gasteiger partial charge in [0.2, 0.25) is 5.65 Å². The Kier molecular flexibility index (Phi) is 1.70. The summed E-state index contributed by atoms with van der Waals surface area (Å²) in [5.41, 5.74) is 2.43. The molecule has 1 fully saturated rings. The predicted octanol–water partition coefficient (Wildman–Crippen LogP) is 1.01. The fraction of sp³-hybridized carbons (Fsp3) is 0.545. The van der Waals surface area contributed by atoms with E-state index in [9.17, 15) is 5.11 Å². The van der Waals surface area contributed by atoms with E-state index < -0.39 is 0 Å². The number of aromatic nitrogens is 4. The lowest BCUT2D eigenvalue weighted by Gasteiger charge is -2.17. The standard InChI is InChI=1S/C11H14N4O/c1-10(2)5-11(10,6-16)7-3-8-9(12-4-7)14-15-13-8/h3-4,16H,5-6H2,1-2H3,(H,12,13,14,15). The maximum Gasteiger partial charge on any atom is 0.201 e. The Bertz CT molecular complexity index is 548. The molecule has 0 radical (unpaired) electrons. The number of H-pyrrole nitrogens is 1. The van der Waals surface area contributed by atoms with E-state index in [1.165, 1.54) is 0 Å². The van der Waals surface area contributed by atoms with Gasteiger partial charge in [-0.1, -0.05) is 13.8 Å². The fourth-order valence-corrected chi connectivity index (χ4v) is 2.57. The third-order valence-electron chi connectivity index (χ3n) is 3.91. The van der Waals surface area contributed by atoms with Crippen molar-refractivity contribution in [3.05, 3.63) is 17.8 Å². The van der Waals surface area contributed by atoms with Crippen molar-refractivity contribution in [2.75, 3.05) is 6.61 Å². The van der Waals surface area contributed by atoms with Crippen LogP contribution in [0.1, 0.15) is 25.8 Å². The summed E-state index contributed by atoms with van der Waals surface area (Å²) in [5, 5.41) is 20.1. The van der Waals surface area contributed by atoms with Gasteiger partial charge in [0.1, 0.15) is 5.52 Å². The lowest BCUT2D eigenvalue weighted by atomic mass is 9.90. The lowest BCUT2D eigenvalue weighted by Crippen LogP contribution is -2.19. The first-order chi connectivity index (χ1) is 7.59. The predicted molar refractivity (Wildman–Crippen MR) is 58.8 cm³/mol. The van der Waals surface area contributed by atoms with E-state index in [0.717, 1.165) is 17.5 Å². The summed E-state index contributed by atoms with van der Waals surface area (Å²) in [6.07, 6.45) is 2.79. The average Bonchev–Trinajstić information content (AvgIpc) is 2.63. The highest BCUT2D eigenvalue weighted by Gasteiger charge is 2.61. The van der Waals surface area contributed by atoms with Crippen LogP contribution in [0.15, 0.2) is 12.3 Å². The number of fused-ring (bicyclic) bond motifs is 1. The van der Waals surface area contributed by atoms with Gasteiger partial charge in [0.25, 0.3) is 0 Å². The molecule has 2 N–H and O–H groups in total. The van der Waals surface area contributed by atoms with Crippen molar-refractivity contribution in [3.8, 4) is 0 Å². The minimum atomic E-state index is -0.146. The minimum absolute atomic E-state index is 0.140. The molecule has 2 aromatic heterocycles. The van der Waals surface area contributed by atoms with Crippen LogP contribution in [-0.4, -0.2) is 32.1 Å². The van der Waals surface area contributed by atoms with Gasteiger partial charge in [-0.3, -0.25) is 0 Å². The molecule has 1 atom stereocenters. The normalized spacial score (nSPS) is 27.2. The zero-order valence-electron chi connectivity index (χ0n) is 9.36. The van der Waals surface area contributed by atoms with Crippen molar-refractivity contribution in [1.82, 2.24) is 20.4 Å². The second-order valence-electron chi connectivity index (χ2n) is 5.19. The number of nitrogens with zero attached hydrogens (tertiary/aromatic N) is 3. The largest absolute Gasteiger partial charge is 0.395 e. The van der Waals surface area contributed by atoms with Crippen LogP contribution in [0.5, 0.6) is 0 Å². The molecular formula is C11H14N4O. The second-order valence-corrected chi connectivity index (χ2v) is 5.19. The quantitative estimate of drug-likeness (QED) is 0.789. The van der Waals surface area contributed by atoms with Crippen LogP contribution in [0.2, 0.25) is 0 Å². The first kappa shape index (κ1) is 9.72. The van der Waals surface area contributed by atoms with Gasteiger partial charge in [0, 0.05) is 11.6 Å². The van der Waals surface area contributed by atoms with Crippen molar-refractivity contribution < 1.29 is 5.11 Å². The molecule has 1 aliphatic rings. The molecule has 2 heterocycles. The van der Waals surface area contributed by atoms with Crippen LogP contribution in [-0.2, 0) is 5.41 Å². The summed E-state index contributed by atoms with van der Waals surface area (Å²) in [5.74, 6) is 0. The van der Waals surface area contributed by atoms with Crippen molar-refractivity contribution in [2.24, 2.45) is 5.41 Å². The summed E-state index contributed by atoms with van der Waals surface area (Å²) in [6, 6.07) is 1.97. The first-order valence-electron chi connectivity index (χ1n) is 5.37. The Morgan fingerprint density at radius 1 is 1.44 bits per heavy atom. The number of aliphatic hydroxyl groups excluding tert-OH is 1. The van der Waals surface area contributed by atoms with Crippen LogP contribution in [0.25, 0.3) is 11.2 Å². The van der Waals surface area contributed by atoms with E-state index in [0.29, 0.717) is 5.65 Å². The number of hydrogen-bond acceptors (Lipinski definition) is 4. The maximum atomic E-state index is 9.60. The fourth-order valence-electron chi connectivity index (χ4n) is 2.57. The lowest BCUT2D eigenvalue weighted by molar-refractivity contribution is 0.231. The van der Waals surface area contributed by atoms with Gasteiger partial charge in [-0.15, -0.1) is 5.10 Å². The van der Waals surface area contributed by atoms with Gasteiger partial charge in [-0.2, -0.15) is 10.3 Å². The summed E-state index contributed by atoms with van der Waals surface area (Å²) in [6.45, 7) is 4.48. The number of nitrogens with one attached hydrogen (secondary N) is 1. The van der Waals surface area contributed by atoms with E-state index >= 15 is 0 Å². The molecule has 2 aromatic rings. The van der Waals surface area contributed by atoms with E-state index in [2.05, 4.69) is 34.2 Å². The third-order valence-corrected chi connectivity index (χ3v) is 3.91. The number of aliphatic hydroxyl groups is 1. The van der Waals surface area contributed by atoms with Gasteiger partial charge >= 0.3 is 0 Å². The summed E-state index contributed by atoms with van der Waals surface area (Å²) in [4.78, 5) is 4.24. The first-order valence-corrected chi connectivity index (χ1v) is 5.37. The summed E-state index contributed by atoms with van der Waals surface area (Å²) >= 11 is 0. The summed E-state index contributed by atoms with van der Waals surface area (Å²) < 4.78 is 0. The molecule has 0 amide bonds. The Morgan fingerprint density at radius 3 is 2.81 bits per heavy atom. The zero-order chi connectivity index (χ0) is 11.4. The number of rotatable bonds is 2. The van der Waals surface area contributed by atoms with E-state index in [4.69, 9.17) is 0 Å². The number of pyridine rings is 1. The highest BCUT2D eigenvalue weighted by molar-refractivity contribution is 5.70. The molecule has 1 unspecified atom stereocenters. The molecule has 0 aliphatic heterocycles. The topological polar surface area (TPSA) is 74.7 Å². The molecule has 84 valence electrons. The Hall–Kier alpha value is -1.49. The number of hydrogen-bond donors (Lipinski definition) is 2. The molecular weight excluding hydrogens is 204 g/mol. The molecule has 0 bridgehead atoms. The molecule has 5 heteroatoms. The molecule has 3 rings (SSSR count). The Labute approximate surface area is 92.9 Å². The van der Waals surface area contributed by atoms with Crippen molar-refractivity contribution in [1.29, 1.82) is 0 Å². The van der Waals surface area contributed by atoms with Crippen LogP contribution < -0.4 is 0 Å². The molecule has 1 aliphatic carbocycles. The van der Waals surface area contributed by atoms with Crippen LogP contribution >= 0.6 is 0 Å². The Balaban J connectivity index is 2.12. The molecule has 1 saturated carbocycles. The smallest absolute Gasteiger partial charge is 0.201 e. The molecule has 16 heavy (non-hydrogen) atoms. The van der Waals surface area contributed by atoms with Gasteiger partial charge in [0.15, 0.2) is 0 Å². The number of aromatic amines is 1. The van der Waals surface area contributed by atoms with Crippen molar-refractivity contribution in [2.45, 2.75) is 25.7 Å². The summed E-state index contributed by atoms with van der Waals surface area (Å²) in [7, 11) is 0. The maximum absolute atomic E-state index is 9.60. The third kappa shape index (κ3) is 1.06. The van der Waals surface area contributed by atoms with Crippen LogP contribution in [0.3, 0.4) is 0 Å². The molecule has 0 saturated heterocycles. The monoisotopic (exact) mass is 218 g/mol. The van der Waals surface area contributed by atoms with Crippen molar-refractivity contribution >= 4 is 11.2 Å². The van der Waals surface area contributed by atoms with Gasteiger partial charge < -0.3 is 5.11 Å². The Morgan fingerprint density at radius 2 is 2.19 bits per heavy atom. The molecule has 0 spiro atoms. The highest BCUT2D eigenvalue weighted by Crippen LogP contribution is 2.63. The average molecular weight is 218 g/mol. The second kappa shape index (κ2) is 2.79. The van der Waals surface area contributed by atoms with E-state index in [-0.39, 0.29) is 17.4 Å².